The number of hydrogen-bond acceptors (Lipinski definition) is 4. The quantitative estimate of drug-likeness (QED) is 0.842. The first kappa shape index (κ1) is 18.8. The zero-order valence-corrected chi connectivity index (χ0v) is 15.8. The molecule has 6 nitrogen and oxygen atoms in total. The van der Waals surface area contributed by atoms with Crippen molar-refractivity contribution in [3.8, 4) is 0 Å². The van der Waals surface area contributed by atoms with E-state index in [0.717, 1.165) is 23.4 Å². The lowest BCUT2D eigenvalue weighted by atomic mass is 10.1. The number of amides is 2. The number of piperazine rings is 1. The molecule has 1 heterocycles. The Morgan fingerprint density at radius 3 is 2.48 bits per heavy atom. The van der Waals surface area contributed by atoms with Crippen LogP contribution in [0.5, 0.6) is 0 Å². The van der Waals surface area contributed by atoms with Gasteiger partial charge in [-0.25, -0.2) is 9.59 Å². The van der Waals surface area contributed by atoms with Gasteiger partial charge in [-0.15, -0.1) is 0 Å². The van der Waals surface area contributed by atoms with E-state index < -0.39 is 0 Å². The Morgan fingerprint density at radius 2 is 1.78 bits per heavy atom. The summed E-state index contributed by atoms with van der Waals surface area (Å²) in [7, 11) is 1.38. The predicted octanol–water partition coefficient (Wildman–Crippen LogP) is 3.39. The van der Waals surface area contributed by atoms with Gasteiger partial charge in [-0.05, 0) is 36.2 Å². The van der Waals surface area contributed by atoms with Gasteiger partial charge in [0.2, 0.25) is 0 Å². The van der Waals surface area contributed by atoms with Gasteiger partial charge in [0.05, 0.1) is 12.7 Å². The van der Waals surface area contributed by atoms with Gasteiger partial charge in [-0.3, -0.25) is 0 Å². The maximum atomic E-state index is 12.6. The first-order valence-corrected chi connectivity index (χ1v) is 9.19. The number of nitrogens with one attached hydrogen (secondary N) is 1. The molecule has 0 unspecified atom stereocenters. The maximum Gasteiger partial charge on any atom is 0.337 e. The normalized spacial score (nSPS) is 14.0. The lowest BCUT2D eigenvalue weighted by Gasteiger charge is -2.36. The Morgan fingerprint density at radius 1 is 1.04 bits per heavy atom. The van der Waals surface area contributed by atoms with Crippen LogP contribution in [0.2, 0.25) is 0 Å². The lowest BCUT2D eigenvalue weighted by Crippen LogP contribution is -2.50. The second-order valence-electron chi connectivity index (χ2n) is 6.46. The van der Waals surface area contributed by atoms with Crippen LogP contribution in [-0.2, 0) is 11.2 Å². The van der Waals surface area contributed by atoms with Gasteiger partial charge in [-0.1, -0.05) is 31.2 Å². The third kappa shape index (κ3) is 4.39. The van der Waals surface area contributed by atoms with E-state index in [-0.39, 0.29) is 12.0 Å². The highest BCUT2D eigenvalue weighted by atomic mass is 16.5. The number of benzene rings is 2. The summed E-state index contributed by atoms with van der Waals surface area (Å²) in [5.74, 6) is -0.343. The SMILES string of the molecule is CCc1ccccc1NC(=O)N1CCN(c2cccc(C(=O)OC)c2)CC1. The van der Waals surface area contributed by atoms with Crippen molar-refractivity contribution in [3.63, 3.8) is 0 Å². The number of rotatable bonds is 4. The maximum absolute atomic E-state index is 12.6. The molecule has 1 aliphatic heterocycles. The van der Waals surface area contributed by atoms with E-state index in [1.807, 2.05) is 47.4 Å². The highest BCUT2D eigenvalue weighted by Crippen LogP contribution is 2.20. The number of anilines is 2. The fraction of sp³-hybridized carbons (Fsp3) is 0.333. The molecule has 2 amide bonds. The van der Waals surface area contributed by atoms with Gasteiger partial charge in [0.15, 0.2) is 0 Å². The molecule has 6 heteroatoms. The van der Waals surface area contributed by atoms with Crippen LogP contribution in [0.25, 0.3) is 0 Å². The molecule has 0 radical (unpaired) electrons. The molecular weight excluding hydrogens is 342 g/mol. The average Bonchev–Trinajstić information content (AvgIpc) is 2.73. The molecule has 0 aliphatic carbocycles. The number of urea groups is 1. The van der Waals surface area contributed by atoms with Crippen LogP contribution in [0, 0.1) is 0 Å². The highest BCUT2D eigenvalue weighted by Gasteiger charge is 2.22. The minimum absolute atomic E-state index is 0.0705. The van der Waals surface area contributed by atoms with Crippen molar-refractivity contribution in [1.82, 2.24) is 4.90 Å². The summed E-state index contributed by atoms with van der Waals surface area (Å²) in [4.78, 5) is 28.3. The number of nitrogens with zero attached hydrogens (tertiary/aromatic N) is 2. The zero-order chi connectivity index (χ0) is 19.2. The summed E-state index contributed by atoms with van der Waals surface area (Å²) in [5, 5.41) is 3.02. The molecule has 2 aromatic rings. The van der Waals surface area contributed by atoms with Crippen molar-refractivity contribution in [3.05, 3.63) is 59.7 Å². The molecule has 1 fully saturated rings. The monoisotopic (exact) mass is 367 g/mol. The van der Waals surface area contributed by atoms with E-state index in [2.05, 4.69) is 17.1 Å². The Bertz CT molecular complexity index is 814. The van der Waals surface area contributed by atoms with Crippen LogP contribution < -0.4 is 10.2 Å². The van der Waals surface area contributed by atoms with Crippen LogP contribution >= 0.6 is 0 Å². The topological polar surface area (TPSA) is 61.9 Å². The minimum atomic E-state index is -0.343. The molecule has 0 aromatic heterocycles. The Hall–Kier alpha value is -3.02. The molecule has 2 aromatic carbocycles. The summed E-state index contributed by atoms with van der Waals surface area (Å²) in [6, 6.07) is 15.2. The lowest BCUT2D eigenvalue weighted by molar-refractivity contribution is 0.0600. The van der Waals surface area contributed by atoms with Crippen molar-refractivity contribution in [2.45, 2.75) is 13.3 Å². The van der Waals surface area contributed by atoms with Gasteiger partial charge in [0.1, 0.15) is 0 Å². The second-order valence-corrected chi connectivity index (χ2v) is 6.46. The summed E-state index contributed by atoms with van der Waals surface area (Å²) >= 11 is 0. The van der Waals surface area contributed by atoms with Gasteiger partial charge in [0, 0.05) is 37.6 Å². The fourth-order valence-electron chi connectivity index (χ4n) is 3.26. The zero-order valence-electron chi connectivity index (χ0n) is 15.8. The van der Waals surface area contributed by atoms with Crippen LogP contribution in [0.15, 0.2) is 48.5 Å². The molecule has 0 bridgehead atoms. The number of carbonyl (C=O) groups is 2. The van der Waals surface area contributed by atoms with Crippen molar-refractivity contribution in [1.29, 1.82) is 0 Å². The number of esters is 1. The molecule has 0 atom stereocenters. The van der Waals surface area contributed by atoms with Crippen LogP contribution in [0.4, 0.5) is 16.2 Å². The average molecular weight is 367 g/mol. The number of methoxy groups -OCH3 is 1. The first-order valence-electron chi connectivity index (χ1n) is 9.19. The van der Waals surface area contributed by atoms with E-state index in [1.165, 1.54) is 7.11 Å². The van der Waals surface area contributed by atoms with Crippen LogP contribution in [-0.4, -0.2) is 50.2 Å². The molecule has 3 rings (SSSR count). The molecule has 0 spiro atoms. The number of hydrogen-bond donors (Lipinski definition) is 1. The standard InChI is InChI=1S/C21H25N3O3/c1-3-16-7-4-5-10-19(16)22-21(26)24-13-11-23(12-14-24)18-9-6-8-17(15-18)20(25)27-2/h4-10,15H,3,11-14H2,1-2H3,(H,22,26). The van der Waals surface area contributed by atoms with Gasteiger partial charge in [-0.2, -0.15) is 0 Å². The van der Waals surface area contributed by atoms with E-state index in [9.17, 15) is 9.59 Å². The van der Waals surface area contributed by atoms with Crippen LogP contribution in [0.1, 0.15) is 22.8 Å². The second kappa shape index (κ2) is 8.58. The number of ether oxygens (including phenoxy) is 1. The molecular formula is C21H25N3O3. The molecule has 0 saturated carbocycles. The van der Waals surface area contributed by atoms with E-state index >= 15 is 0 Å². The van der Waals surface area contributed by atoms with E-state index in [1.54, 1.807) is 6.07 Å². The van der Waals surface area contributed by atoms with Crippen molar-refractivity contribution >= 4 is 23.4 Å². The third-order valence-corrected chi connectivity index (χ3v) is 4.84. The number of aryl methyl sites for hydroxylation is 1. The van der Waals surface area contributed by atoms with Crippen molar-refractivity contribution < 1.29 is 14.3 Å². The van der Waals surface area contributed by atoms with E-state index in [0.29, 0.717) is 31.7 Å². The van der Waals surface area contributed by atoms with Crippen molar-refractivity contribution in [2.75, 3.05) is 43.5 Å². The van der Waals surface area contributed by atoms with Gasteiger partial charge in [0.25, 0.3) is 0 Å². The molecule has 1 aliphatic rings. The Balaban J connectivity index is 1.60. The summed E-state index contributed by atoms with van der Waals surface area (Å²) in [5.41, 5.74) is 3.50. The fourth-order valence-corrected chi connectivity index (χ4v) is 3.26. The van der Waals surface area contributed by atoms with Crippen molar-refractivity contribution in [2.24, 2.45) is 0 Å². The minimum Gasteiger partial charge on any atom is -0.465 e. The summed E-state index contributed by atoms with van der Waals surface area (Å²) < 4.78 is 4.78. The third-order valence-electron chi connectivity index (χ3n) is 4.84. The highest BCUT2D eigenvalue weighted by molar-refractivity contribution is 5.91. The Labute approximate surface area is 159 Å². The molecule has 27 heavy (non-hydrogen) atoms. The largest absolute Gasteiger partial charge is 0.465 e. The van der Waals surface area contributed by atoms with Crippen LogP contribution in [0.3, 0.4) is 0 Å². The Kier molecular flexibility index (Phi) is 5.96. The summed E-state index contributed by atoms with van der Waals surface area (Å²) in [6.45, 7) is 4.76. The van der Waals surface area contributed by atoms with E-state index in [4.69, 9.17) is 4.74 Å². The van der Waals surface area contributed by atoms with Gasteiger partial charge < -0.3 is 19.9 Å². The number of para-hydroxylation sites is 1. The van der Waals surface area contributed by atoms with Gasteiger partial charge >= 0.3 is 12.0 Å². The first-order chi connectivity index (χ1) is 13.1. The summed E-state index contributed by atoms with van der Waals surface area (Å²) in [6.07, 6.45) is 0.876. The molecule has 142 valence electrons. The predicted molar refractivity (Wildman–Crippen MR) is 106 cm³/mol. The number of carbonyl (C=O) groups excluding carboxylic acids is 2. The molecule has 1 N–H and O–H groups in total. The molecule has 1 saturated heterocycles. The smallest absolute Gasteiger partial charge is 0.337 e.